The van der Waals surface area contributed by atoms with E-state index in [2.05, 4.69) is 32.0 Å². The fourth-order valence-electron chi connectivity index (χ4n) is 2.30. The quantitative estimate of drug-likeness (QED) is 0.620. The van der Waals surface area contributed by atoms with Crippen molar-refractivity contribution >= 4 is 14.2 Å². The van der Waals surface area contributed by atoms with Crippen molar-refractivity contribution in [3.8, 4) is 0 Å². The van der Waals surface area contributed by atoms with Crippen molar-refractivity contribution in [3.05, 3.63) is 53.5 Å². The van der Waals surface area contributed by atoms with E-state index in [0.717, 1.165) is 10.9 Å². The van der Waals surface area contributed by atoms with Crippen LogP contribution in [0, 0.1) is 0 Å². The summed E-state index contributed by atoms with van der Waals surface area (Å²) in [7, 11) is -1.70. The Morgan fingerprint density at radius 3 is 2.53 bits per heavy atom. The molecule has 0 spiro atoms. The third kappa shape index (κ3) is 2.65. The van der Waals surface area contributed by atoms with Crippen LogP contribution in [0.25, 0.3) is 0 Å². The summed E-state index contributed by atoms with van der Waals surface area (Å²) in [6.07, 6.45) is -0.289. The predicted octanol–water partition coefficient (Wildman–Crippen LogP) is 3.73. The zero-order chi connectivity index (χ0) is 14.0. The van der Waals surface area contributed by atoms with Crippen LogP contribution < -0.4 is 0 Å². The summed E-state index contributed by atoms with van der Waals surface area (Å²) in [5.74, 6) is 0. The van der Waals surface area contributed by atoms with E-state index < -0.39 is 8.07 Å². The molecule has 1 amide bonds. The van der Waals surface area contributed by atoms with Gasteiger partial charge in [-0.2, -0.15) is 0 Å². The first-order chi connectivity index (χ1) is 8.95. The molecule has 4 heteroatoms. The highest BCUT2D eigenvalue weighted by atomic mass is 28.3. The molecule has 0 aliphatic carbocycles. The number of hydrogen-bond donors (Lipinski definition) is 0. The van der Waals surface area contributed by atoms with Crippen molar-refractivity contribution in [3.63, 3.8) is 0 Å². The van der Waals surface area contributed by atoms with E-state index in [0.29, 0.717) is 6.61 Å². The molecule has 1 aliphatic rings. The second kappa shape index (κ2) is 5.08. The maximum atomic E-state index is 12.0. The number of hydrogen-bond acceptors (Lipinski definition) is 2. The van der Waals surface area contributed by atoms with Gasteiger partial charge in [-0.1, -0.05) is 56.6 Å². The van der Waals surface area contributed by atoms with Crippen LogP contribution in [0.1, 0.15) is 11.6 Å². The maximum absolute atomic E-state index is 12.0. The molecule has 1 aliphatic heterocycles. The second-order valence-electron chi connectivity index (χ2n) is 5.65. The highest BCUT2D eigenvalue weighted by Gasteiger charge is 2.40. The number of nitrogens with zero attached hydrogens (tertiary/aromatic N) is 1. The highest BCUT2D eigenvalue weighted by Crippen LogP contribution is 2.34. The van der Waals surface area contributed by atoms with Gasteiger partial charge in [0.15, 0.2) is 0 Å². The molecular formula is C15H19NO2Si. The van der Waals surface area contributed by atoms with Gasteiger partial charge in [-0.05, 0) is 5.56 Å². The number of cyclic esters (lactones) is 1. The van der Waals surface area contributed by atoms with E-state index in [-0.39, 0.29) is 12.1 Å². The van der Waals surface area contributed by atoms with Gasteiger partial charge >= 0.3 is 6.09 Å². The van der Waals surface area contributed by atoms with Crippen LogP contribution in [0.2, 0.25) is 19.6 Å². The van der Waals surface area contributed by atoms with Crippen molar-refractivity contribution < 1.29 is 9.53 Å². The molecule has 0 N–H and O–H groups in total. The minimum Gasteiger partial charge on any atom is -0.447 e. The monoisotopic (exact) mass is 273 g/mol. The normalized spacial score (nSPS) is 19.0. The molecule has 0 bridgehead atoms. The zero-order valence-corrected chi connectivity index (χ0v) is 12.6. The molecule has 1 aromatic rings. The number of benzene rings is 1. The van der Waals surface area contributed by atoms with Crippen molar-refractivity contribution in [2.24, 2.45) is 0 Å². The largest absolute Gasteiger partial charge is 0.447 e. The summed E-state index contributed by atoms with van der Waals surface area (Å²) >= 11 is 0. The minimum atomic E-state index is -1.70. The zero-order valence-electron chi connectivity index (χ0n) is 11.6. The fourth-order valence-corrected chi connectivity index (χ4v) is 3.80. The van der Waals surface area contributed by atoms with Crippen molar-refractivity contribution in [2.45, 2.75) is 25.7 Å². The third-order valence-electron chi connectivity index (χ3n) is 3.18. The summed E-state index contributed by atoms with van der Waals surface area (Å²) in [6, 6.07) is 9.89. The summed E-state index contributed by atoms with van der Waals surface area (Å²) in [5.41, 5.74) is 4.05. The van der Waals surface area contributed by atoms with E-state index >= 15 is 0 Å². The Hall–Kier alpha value is -1.77. The van der Waals surface area contributed by atoms with E-state index in [4.69, 9.17) is 4.74 Å². The lowest BCUT2D eigenvalue weighted by Crippen LogP contribution is -2.39. The molecular weight excluding hydrogens is 254 g/mol. The number of amides is 1. The average Bonchev–Trinajstić information content (AvgIpc) is 2.72. The Kier molecular flexibility index (Phi) is 3.65. The van der Waals surface area contributed by atoms with Gasteiger partial charge in [0.2, 0.25) is 0 Å². The summed E-state index contributed by atoms with van der Waals surface area (Å²) in [5, 5.41) is 0.906. The lowest BCUT2D eigenvalue weighted by Gasteiger charge is -2.30. The number of rotatable bonds is 3. The molecule has 100 valence electrons. The van der Waals surface area contributed by atoms with Crippen LogP contribution in [-0.4, -0.2) is 25.7 Å². The van der Waals surface area contributed by atoms with Crippen molar-refractivity contribution in [1.82, 2.24) is 4.90 Å². The van der Waals surface area contributed by atoms with Crippen LogP contribution >= 0.6 is 0 Å². The van der Waals surface area contributed by atoms with Crippen LogP contribution in [0.4, 0.5) is 4.79 Å². The molecule has 0 unspecified atom stereocenters. The molecule has 2 rings (SSSR count). The first kappa shape index (κ1) is 13.7. The summed E-state index contributed by atoms with van der Waals surface area (Å²) in [6.45, 7) is 10.7. The van der Waals surface area contributed by atoms with Crippen molar-refractivity contribution in [2.75, 3.05) is 6.61 Å². The molecule has 1 atom stereocenters. The Morgan fingerprint density at radius 1 is 1.37 bits per heavy atom. The Labute approximate surface area is 115 Å². The Morgan fingerprint density at radius 2 is 2.00 bits per heavy atom. The van der Waals surface area contributed by atoms with E-state index in [1.54, 1.807) is 4.90 Å². The third-order valence-corrected chi connectivity index (χ3v) is 5.01. The fraction of sp³-hybridized carbons (Fsp3) is 0.333. The van der Waals surface area contributed by atoms with Crippen molar-refractivity contribution in [1.29, 1.82) is 0 Å². The molecule has 19 heavy (non-hydrogen) atoms. The van der Waals surface area contributed by atoms with Gasteiger partial charge in [-0.25, -0.2) is 4.79 Å². The second-order valence-corrected chi connectivity index (χ2v) is 10.6. The van der Waals surface area contributed by atoms with E-state index in [1.807, 2.05) is 30.3 Å². The first-order valence-electron chi connectivity index (χ1n) is 6.36. The Bertz CT molecular complexity index is 527. The smallest absolute Gasteiger partial charge is 0.414 e. The van der Waals surface area contributed by atoms with Crippen LogP contribution in [-0.2, 0) is 4.74 Å². The molecule has 3 nitrogen and oxygen atoms in total. The van der Waals surface area contributed by atoms with Gasteiger partial charge in [0.25, 0.3) is 0 Å². The minimum absolute atomic E-state index is 0.0651. The molecule has 0 radical (unpaired) electrons. The van der Waals surface area contributed by atoms with E-state index in [9.17, 15) is 4.79 Å². The van der Waals surface area contributed by atoms with Gasteiger partial charge in [0.05, 0.1) is 6.04 Å². The van der Waals surface area contributed by atoms with E-state index in [1.165, 1.54) is 0 Å². The first-order valence-corrected chi connectivity index (χ1v) is 9.86. The molecule has 1 saturated heterocycles. The lowest BCUT2D eigenvalue weighted by atomic mass is 10.1. The molecule has 1 heterocycles. The van der Waals surface area contributed by atoms with Crippen LogP contribution in [0.5, 0.6) is 0 Å². The van der Waals surface area contributed by atoms with Gasteiger partial charge in [0.1, 0.15) is 14.7 Å². The summed E-state index contributed by atoms with van der Waals surface area (Å²) < 4.78 is 5.23. The molecule has 0 saturated carbocycles. The van der Waals surface area contributed by atoms with Gasteiger partial charge in [-0.3, -0.25) is 4.90 Å². The average molecular weight is 273 g/mol. The van der Waals surface area contributed by atoms with Gasteiger partial charge < -0.3 is 4.74 Å². The summed E-state index contributed by atoms with van der Waals surface area (Å²) in [4.78, 5) is 13.8. The predicted molar refractivity (Wildman–Crippen MR) is 78.4 cm³/mol. The SMILES string of the molecule is C=C=C(N1C(=O)OC[C@H]1c1ccccc1)[Si](C)(C)C. The molecule has 1 aromatic carbocycles. The number of ether oxygens (including phenoxy) is 1. The molecule has 0 aromatic heterocycles. The van der Waals surface area contributed by atoms with Gasteiger partial charge in [0, 0.05) is 5.32 Å². The highest BCUT2D eigenvalue weighted by molar-refractivity contribution is 6.83. The molecule has 1 fully saturated rings. The Balaban J connectivity index is 2.42. The van der Waals surface area contributed by atoms with Crippen LogP contribution in [0.15, 0.2) is 48.0 Å². The maximum Gasteiger partial charge on any atom is 0.414 e. The number of carbonyl (C=O) groups excluding carboxylic acids is 1. The standard InChI is InChI=1S/C15H19NO2Si/c1-5-14(19(2,3)4)16-13(11-18-15(16)17)12-9-7-6-8-10-12/h6-10,13H,1,11H2,2-4H3/t13-/m0/s1. The topological polar surface area (TPSA) is 29.5 Å². The number of carbonyl (C=O) groups is 1. The van der Waals surface area contributed by atoms with Gasteiger partial charge in [-0.15, -0.1) is 5.73 Å². The van der Waals surface area contributed by atoms with Crippen LogP contribution in [0.3, 0.4) is 0 Å². The lowest BCUT2D eigenvalue weighted by molar-refractivity contribution is 0.165.